The lowest BCUT2D eigenvalue weighted by Crippen LogP contribution is -1.88. The zero-order valence-electron chi connectivity index (χ0n) is 7.18. The minimum atomic E-state index is 1.01. The second-order valence-electron chi connectivity index (χ2n) is 2.80. The topological polar surface area (TPSA) is 40.7 Å². The maximum Gasteiger partial charge on any atom is 0.0944 e. The maximum atomic E-state index is 4.16. The molecule has 1 aromatic carbocycles. The minimum Gasteiger partial charge on any atom is -0.388 e. The molecule has 0 saturated heterocycles. The smallest absolute Gasteiger partial charge is 0.0944 e. The number of benzene rings is 1. The molecule has 12 heavy (non-hydrogen) atoms. The number of aryl methyl sites for hydroxylation is 1. The molecule has 0 fully saturated rings. The van der Waals surface area contributed by atoms with E-state index < -0.39 is 0 Å². The Hall–Kier alpha value is -1.51. The third-order valence-electron chi connectivity index (χ3n) is 2.03. The van der Waals surface area contributed by atoms with Crippen LogP contribution in [0.2, 0.25) is 0 Å². The van der Waals surface area contributed by atoms with Crippen LogP contribution in [0.4, 0.5) is 5.69 Å². The summed E-state index contributed by atoms with van der Waals surface area (Å²) in [4.78, 5) is 0. The van der Waals surface area contributed by atoms with Crippen molar-refractivity contribution < 1.29 is 0 Å². The van der Waals surface area contributed by atoms with Crippen molar-refractivity contribution in [3.8, 4) is 0 Å². The van der Waals surface area contributed by atoms with Gasteiger partial charge in [0.25, 0.3) is 0 Å². The number of aromatic amines is 1. The van der Waals surface area contributed by atoms with Gasteiger partial charge in [-0.25, -0.2) is 0 Å². The lowest BCUT2D eigenvalue weighted by molar-refractivity contribution is 1.07. The number of nitrogens with one attached hydrogen (secondary N) is 2. The number of H-pyrrole nitrogens is 1. The first-order valence-electron chi connectivity index (χ1n) is 3.94. The summed E-state index contributed by atoms with van der Waals surface area (Å²) in [6.45, 7) is 2.02. The predicted molar refractivity (Wildman–Crippen MR) is 50.4 cm³/mol. The Labute approximate surface area is 70.8 Å². The first-order chi connectivity index (χ1) is 5.83. The molecule has 0 atom stereocenters. The average molecular weight is 161 g/mol. The van der Waals surface area contributed by atoms with E-state index in [-0.39, 0.29) is 0 Å². The van der Waals surface area contributed by atoms with Gasteiger partial charge < -0.3 is 5.32 Å². The number of nitrogens with zero attached hydrogens (tertiary/aromatic N) is 1. The maximum absolute atomic E-state index is 4.16. The molecular weight excluding hydrogens is 150 g/mol. The van der Waals surface area contributed by atoms with Crippen molar-refractivity contribution in [1.82, 2.24) is 10.2 Å². The Balaban J connectivity index is 2.84. The van der Waals surface area contributed by atoms with Gasteiger partial charge in [0.05, 0.1) is 5.52 Å². The fourth-order valence-corrected chi connectivity index (χ4v) is 1.44. The quantitative estimate of drug-likeness (QED) is 0.670. The minimum absolute atomic E-state index is 1.01. The molecule has 2 N–H and O–H groups in total. The van der Waals surface area contributed by atoms with Crippen LogP contribution in [0.5, 0.6) is 0 Å². The van der Waals surface area contributed by atoms with E-state index in [0.717, 1.165) is 16.9 Å². The van der Waals surface area contributed by atoms with E-state index in [0.29, 0.717) is 0 Å². The van der Waals surface area contributed by atoms with Gasteiger partial charge in [-0.2, -0.15) is 5.10 Å². The Morgan fingerprint density at radius 3 is 3.00 bits per heavy atom. The molecule has 0 unspecified atom stereocenters. The van der Waals surface area contributed by atoms with Crippen molar-refractivity contribution in [2.45, 2.75) is 6.92 Å². The highest BCUT2D eigenvalue weighted by molar-refractivity contribution is 5.93. The van der Waals surface area contributed by atoms with E-state index in [1.807, 2.05) is 32.2 Å². The Morgan fingerprint density at radius 1 is 1.42 bits per heavy atom. The monoisotopic (exact) mass is 161 g/mol. The van der Waals surface area contributed by atoms with Crippen molar-refractivity contribution in [1.29, 1.82) is 0 Å². The first kappa shape index (κ1) is 7.16. The lowest BCUT2D eigenvalue weighted by atomic mass is 10.2. The highest BCUT2D eigenvalue weighted by atomic mass is 15.1. The van der Waals surface area contributed by atoms with Crippen LogP contribution in [-0.4, -0.2) is 17.2 Å². The zero-order valence-corrected chi connectivity index (χ0v) is 7.18. The van der Waals surface area contributed by atoms with E-state index in [9.17, 15) is 0 Å². The van der Waals surface area contributed by atoms with Gasteiger partial charge in [-0.3, -0.25) is 5.10 Å². The molecule has 2 rings (SSSR count). The van der Waals surface area contributed by atoms with Crippen LogP contribution in [0.3, 0.4) is 0 Å². The van der Waals surface area contributed by atoms with E-state index >= 15 is 0 Å². The molecule has 0 bridgehead atoms. The summed E-state index contributed by atoms with van der Waals surface area (Å²) in [5.74, 6) is 0. The molecule has 62 valence electrons. The number of hydrogen-bond acceptors (Lipinski definition) is 2. The van der Waals surface area contributed by atoms with E-state index in [2.05, 4.69) is 15.5 Å². The van der Waals surface area contributed by atoms with Crippen LogP contribution in [-0.2, 0) is 0 Å². The summed E-state index contributed by atoms with van der Waals surface area (Å²) in [5, 5.41) is 11.4. The SMILES string of the molecule is CNc1cccc2n[nH]c(C)c12. The standard InChI is InChI=1S/C9H11N3/c1-6-9-7(10-2)4-3-5-8(9)12-11-6/h3-5,10H,1-2H3,(H,11,12). The number of rotatable bonds is 1. The molecule has 2 aromatic rings. The fourth-order valence-electron chi connectivity index (χ4n) is 1.44. The molecule has 0 aliphatic heterocycles. The second-order valence-corrected chi connectivity index (χ2v) is 2.80. The molecule has 0 amide bonds. The van der Waals surface area contributed by atoms with Gasteiger partial charge in [-0.05, 0) is 19.1 Å². The van der Waals surface area contributed by atoms with Crippen LogP contribution in [0, 0.1) is 6.92 Å². The number of anilines is 1. The van der Waals surface area contributed by atoms with Crippen LogP contribution in [0.1, 0.15) is 5.69 Å². The highest BCUT2D eigenvalue weighted by Gasteiger charge is 2.03. The fraction of sp³-hybridized carbons (Fsp3) is 0.222. The predicted octanol–water partition coefficient (Wildman–Crippen LogP) is 1.91. The third kappa shape index (κ3) is 0.863. The molecule has 0 aliphatic rings. The van der Waals surface area contributed by atoms with E-state index in [4.69, 9.17) is 0 Å². The van der Waals surface area contributed by atoms with Gasteiger partial charge in [-0.15, -0.1) is 0 Å². The largest absolute Gasteiger partial charge is 0.388 e. The van der Waals surface area contributed by atoms with Crippen molar-refractivity contribution in [2.75, 3.05) is 12.4 Å². The van der Waals surface area contributed by atoms with Crippen LogP contribution < -0.4 is 5.32 Å². The van der Waals surface area contributed by atoms with Gasteiger partial charge in [0.1, 0.15) is 0 Å². The van der Waals surface area contributed by atoms with Gasteiger partial charge in [0.15, 0.2) is 0 Å². The van der Waals surface area contributed by atoms with Crippen molar-refractivity contribution in [3.63, 3.8) is 0 Å². The molecule has 0 saturated carbocycles. The summed E-state index contributed by atoms with van der Waals surface area (Å²) < 4.78 is 0. The lowest BCUT2D eigenvalue weighted by Gasteiger charge is -2.00. The first-order valence-corrected chi connectivity index (χ1v) is 3.94. The Bertz CT molecular complexity index is 403. The normalized spacial score (nSPS) is 10.5. The van der Waals surface area contributed by atoms with Crippen LogP contribution >= 0.6 is 0 Å². The molecule has 0 radical (unpaired) electrons. The summed E-state index contributed by atoms with van der Waals surface area (Å²) in [7, 11) is 1.92. The van der Waals surface area contributed by atoms with Gasteiger partial charge in [0, 0.05) is 23.8 Å². The summed E-state index contributed by atoms with van der Waals surface area (Å²) >= 11 is 0. The second kappa shape index (κ2) is 2.52. The van der Waals surface area contributed by atoms with E-state index in [1.165, 1.54) is 5.39 Å². The van der Waals surface area contributed by atoms with Crippen LogP contribution in [0.25, 0.3) is 10.9 Å². The highest BCUT2D eigenvalue weighted by Crippen LogP contribution is 2.23. The van der Waals surface area contributed by atoms with Crippen molar-refractivity contribution in [3.05, 3.63) is 23.9 Å². The molecule has 3 nitrogen and oxygen atoms in total. The van der Waals surface area contributed by atoms with Gasteiger partial charge in [-0.1, -0.05) is 6.07 Å². The molecular formula is C9H11N3. The van der Waals surface area contributed by atoms with Crippen molar-refractivity contribution >= 4 is 16.6 Å². The van der Waals surface area contributed by atoms with Gasteiger partial charge >= 0.3 is 0 Å². The van der Waals surface area contributed by atoms with Crippen LogP contribution in [0.15, 0.2) is 18.2 Å². The zero-order chi connectivity index (χ0) is 8.55. The van der Waals surface area contributed by atoms with Gasteiger partial charge in [0.2, 0.25) is 0 Å². The Morgan fingerprint density at radius 2 is 2.25 bits per heavy atom. The summed E-state index contributed by atoms with van der Waals surface area (Å²) in [6, 6.07) is 6.04. The summed E-state index contributed by atoms with van der Waals surface area (Å²) in [6.07, 6.45) is 0. The molecule has 3 heteroatoms. The Kier molecular flexibility index (Phi) is 1.50. The number of fused-ring (bicyclic) bond motifs is 1. The summed E-state index contributed by atoms with van der Waals surface area (Å²) in [5.41, 5.74) is 3.24. The average Bonchev–Trinajstić information content (AvgIpc) is 2.48. The van der Waals surface area contributed by atoms with E-state index in [1.54, 1.807) is 0 Å². The molecule has 1 aromatic heterocycles. The molecule has 0 aliphatic carbocycles. The molecule has 1 heterocycles. The number of hydrogen-bond donors (Lipinski definition) is 2. The number of aromatic nitrogens is 2. The third-order valence-corrected chi connectivity index (χ3v) is 2.03. The van der Waals surface area contributed by atoms with Crippen molar-refractivity contribution in [2.24, 2.45) is 0 Å². The molecule has 0 spiro atoms.